The van der Waals surface area contributed by atoms with Crippen LogP contribution in [-0.4, -0.2) is 27.4 Å². The van der Waals surface area contributed by atoms with Gasteiger partial charge in [-0.3, -0.25) is 4.79 Å². The first-order valence-corrected chi connectivity index (χ1v) is 8.00. The zero-order valence-corrected chi connectivity index (χ0v) is 13.2. The van der Waals surface area contributed by atoms with Crippen molar-refractivity contribution in [3.63, 3.8) is 0 Å². The van der Waals surface area contributed by atoms with Crippen molar-refractivity contribution in [2.45, 2.75) is 18.7 Å². The number of carbonyl (C=O) groups is 1. The monoisotopic (exact) mass is 337 g/mol. The summed E-state index contributed by atoms with van der Waals surface area (Å²) < 4.78 is 39.7. The van der Waals surface area contributed by atoms with Gasteiger partial charge in [-0.05, 0) is 18.1 Å². The Hall–Kier alpha value is -1.38. The molecule has 118 valence electrons. The molecule has 0 radical (unpaired) electrons. The Morgan fingerprint density at radius 1 is 1.43 bits per heavy atom. The van der Waals surface area contributed by atoms with Gasteiger partial charge < -0.3 is 11.1 Å². The number of nitrogen functional groups attached to an aromatic ring is 1. The van der Waals surface area contributed by atoms with Crippen LogP contribution in [0.15, 0.2) is 17.0 Å². The molecule has 0 aliphatic rings. The maximum Gasteiger partial charge on any atom is 0.244 e. The minimum atomic E-state index is -4.22. The van der Waals surface area contributed by atoms with E-state index in [9.17, 15) is 17.6 Å². The van der Waals surface area contributed by atoms with Crippen molar-refractivity contribution >= 4 is 33.2 Å². The predicted molar refractivity (Wildman–Crippen MR) is 78.9 cm³/mol. The molecule has 1 aromatic rings. The number of nitrogens with one attached hydrogen (secondary N) is 2. The molecule has 0 unspecified atom stereocenters. The molecular formula is C12H17ClFN3O3S. The molecule has 0 atom stereocenters. The van der Waals surface area contributed by atoms with Gasteiger partial charge in [-0.1, -0.05) is 25.4 Å². The van der Waals surface area contributed by atoms with Gasteiger partial charge in [0, 0.05) is 11.6 Å². The highest BCUT2D eigenvalue weighted by molar-refractivity contribution is 7.89. The maximum absolute atomic E-state index is 13.8. The predicted octanol–water partition coefficient (Wildman–Crippen LogP) is 1.11. The van der Waals surface area contributed by atoms with Gasteiger partial charge in [0.05, 0.1) is 12.2 Å². The summed E-state index contributed by atoms with van der Waals surface area (Å²) >= 11 is 5.66. The van der Waals surface area contributed by atoms with Crippen LogP contribution >= 0.6 is 11.6 Å². The highest BCUT2D eigenvalue weighted by atomic mass is 35.5. The summed E-state index contributed by atoms with van der Waals surface area (Å²) in [6.07, 6.45) is 0. The smallest absolute Gasteiger partial charge is 0.244 e. The van der Waals surface area contributed by atoms with E-state index in [2.05, 4.69) is 5.32 Å². The van der Waals surface area contributed by atoms with E-state index in [0.717, 1.165) is 12.1 Å². The standard InChI is InChI=1S/C12H17ClFN3O3S/c1-7(2)5-16-11(18)6-17-21(19,20)10-4-8(13)3-9(15)12(10)14/h3-4,7,17H,5-6,15H2,1-2H3,(H,16,18). The second kappa shape index (κ2) is 7.06. The molecular weight excluding hydrogens is 321 g/mol. The highest BCUT2D eigenvalue weighted by Gasteiger charge is 2.22. The van der Waals surface area contributed by atoms with Crippen molar-refractivity contribution in [1.29, 1.82) is 0 Å². The van der Waals surface area contributed by atoms with E-state index in [1.807, 2.05) is 18.6 Å². The molecule has 0 heterocycles. The topological polar surface area (TPSA) is 101 Å². The van der Waals surface area contributed by atoms with E-state index in [1.165, 1.54) is 0 Å². The van der Waals surface area contributed by atoms with Crippen molar-refractivity contribution < 1.29 is 17.6 Å². The van der Waals surface area contributed by atoms with Gasteiger partial charge in [0.15, 0.2) is 5.82 Å². The summed E-state index contributed by atoms with van der Waals surface area (Å²) in [5, 5.41) is 2.52. The van der Waals surface area contributed by atoms with Crippen molar-refractivity contribution in [2.75, 3.05) is 18.8 Å². The molecule has 0 spiro atoms. The summed E-state index contributed by atoms with van der Waals surface area (Å²) in [6, 6.07) is 2.03. The molecule has 9 heteroatoms. The molecule has 4 N–H and O–H groups in total. The van der Waals surface area contributed by atoms with Gasteiger partial charge in [0.2, 0.25) is 15.9 Å². The number of hydrogen-bond acceptors (Lipinski definition) is 4. The van der Waals surface area contributed by atoms with Crippen molar-refractivity contribution in [1.82, 2.24) is 10.0 Å². The van der Waals surface area contributed by atoms with Crippen LogP contribution in [-0.2, 0) is 14.8 Å². The first-order valence-electron chi connectivity index (χ1n) is 6.14. The zero-order valence-electron chi connectivity index (χ0n) is 11.6. The number of carbonyl (C=O) groups excluding carboxylic acids is 1. The van der Waals surface area contributed by atoms with E-state index in [4.69, 9.17) is 17.3 Å². The number of anilines is 1. The van der Waals surface area contributed by atoms with Gasteiger partial charge >= 0.3 is 0 Å². The fourth-order valence-corrected chi connectivity index (χ4v) is 2.80. The molecule has 21 heavy (non-hydrogen) atoms. The Bertz CT molecular complexity index is 635. The van der Waals surface area contributed by atoms with Crippen LogP contribution < -0.4 is 15.8 Å². The van der Waals surface area contributed by atoms with Gasteiger partial charge in [-0.25, -0.2) is 17.5 Å². The number of halogens is 2. The number of hydrogen-bond donors (Lipinski definition) is 3. The van der Waals surface area contributed by atoms with Crippen LogP contribution in [0.1, 0.15) is 13.8 Å². The molecule has 0 saturated heterocycles. The summed E-state index contributed by atoms with van der Waals surface area (Å²) in [5.41, 5.74) is 4.94. The zero-order chi connectivity index (χ0) is 16.2. The molecule has 0 aliphatic heterocycles. The lowest BCUT2D eigenvalue weighted by molar-refractivity contribution is -0.120. The average molecular weight is 338 g/mol. The van der Waals surface area contributed by atoms with Crippen LogP contribution in [0.5, 0.6) is 0 Å². The lowest BCUT2D eigenvalue weighted by Crippen LogP contribution is -2.38. The quantitative estimate of drug-likeness (QED) is 0.677. The molecule has 0 aliphatic carbocycles. The second-order valence-electron chi connectivity index (χ2n) is 4.83. The third-order valence-corrected chi connectivity index (χ3v) is 4.07. The van der Waals surface area contributed by atoms with E-state index in [-0.39, 0.29) is 16.6 Å². The molecule has 0 fully saturated rings. The summed E-state index contributed by atoms with van der Waals surface area (Å²) in [5.74, 6) is -1.38. The van der Waals surface area contributed by atoms with Gasteiger partial charge in [0.25, 0.3) is 0 Å². The lowest BCUT2D eigenvalue weighted by Gasteiger charge is -2.11. The van der Waals surface area contributed by atoms with E-state index < -0.39 is 33.2 Å². The van der Waals surface area contributed by atoms with Crippen LogP contribution in [0.2, 0.25) is 5.02 Å². The minimum Gasteiger partial charge on any atom is -0.396 e. The first-order chi connectivity index (χ1) is 9.63. The second-order valence-corrected chi connectivity index (χ2v) is 7.00. The lowest BCUT2D eigenvalue weighted by atomic mass is 10.2. The van der Waals surface area contributed by atoms with Crippen LogP contribution in [0.3, 0.4) is 0 Å². The van der Waals surface area contributed by atoms with Gasteiger partial charge in [-0.15, -0.1) is 0 Å². The van der Waals surface area contributed by atoms with E-state index in [0.29, 0.717) is 6.54 Å². The molecule has 0 saturated carbocycles. The molecule has 0 bridgehead atoms. The number of amides is 1. The third-order valence-electron chi connectivity index (χ3n) is 2.45. The Morgan fingerprint density at radius 3 is 2.62 bits per heavy atom. The molecule has 1 rings (SSSR count). The van der Waals surface area contributed by atoms with Gasteiger partial charge in [0.1, 0.15) is 4.90 Å². The van der Waals surface area contributed by atoms with Gasteiger partial charge in [-0.2, -0.15) is 0 Å². The SMILES string of the molecule is CC(C)CNC(=O)CNS(=O)(=O)c1cc(Cl)cc(N)c1F. The number of sulfonamides is 1. The fourth-order valence-electron chi connectivity index (χ4n) is 1.40. The van der Waals surface area contributed by atoms with E-state index in [1.54, 1.807) is 0 Å². The largest absolute Gasteiger partial charge is 0.396 e. The third kappa shape index (κ3) is 5.14. The molecule has 1 amide bonds. The maximum atomic E-state index is 13.8. The highest BCUT2D eigenvalue weighted by Crippen LogP contribution is 2.24. The Balaban J connectivity index is 2.81. The first kappa shape index (κ1) is 17.7. The van der Waals surface area contributed by atoms with Crippen LogP contribution in [0, 0.1) is 11.7 Å². The average Bonchev–Trinajstić information content (AvgIpc) is 2.38. The summed E-state index contributed by atoms with van der Waals surface area (Å²) in [6.45, 7) is 3.71. The Kier molecular flexibility index (Phi) is 5.94. The summed E-state index contributed by atoms with van der Waals surface area (Å²) in [7, 11) is -4.22. The molecule has 0 aromatic heterocycles. The van der Waals surface area contributed by atoms with E-state index >= 15 is 0 Å². The number of benzene rings is 1. The van der Waals surface area contributed by atoms with Crippen molar-refractivity contribution in [3.8, 4) is 0 Å². The molecule has 6 nitrogen and oxygen atoms in total. The fraction of sp³-hybridized carbons (Fsp3) is 0.417. The molecule has 1 aromatic carbocycles. The van der Waals surface area contributed by atoms with Crippen molar-refractivity contribution in [3.05, 3.63) is 23.0 Å². The van der Waals surface area contributed by atoms with Crippen molar-refractivity contribution in [2.24, 2.45) is 5.92 Å². The minimum absolute atomic E-state index is 0.0152. The Labute approximate surface area is 127 Å². The Morgan fingerprint density at radius 2 is 2.05 bits per heavy atom. The summed E-state index contributed by atoms with van der Waals surface area (Å²) in [4.78, 5) is 10.8. The number of nitrogens with two attached hydrogens (primary N) is 1. The van der Waals surface area contributed by atoms with Crippen LogP contribution in [0.25, 0.3) is 0 Å². The normalized spacial score (nSPS) is 11.7. The number of rotatable bonds is 6. The van der Waals surface area contributed by atoms with Crippen LogP contribution in [0.4, 0.5) is 10.1 Å².